The Morgan fingerprint density at radius 3 is 2.34 bits per heavy atom. The fraction of sp³-hybridized carbons (Fsp3) is 0.421. The third-order valence-electron chi connectivity index (χ3n) is 4.66. The number of amides is 1. The van der Waals surface area contributed by atoms with Crippen molar-refractivity contribution in [3.8, 4) is 11.8 Å². The highest BCUT2D eigenvalue weighted by atomic mass is 32.2. The summed E-state index contributed by atoms with van der Waals surface area (Å²) < 4.78 is 36.3. The molecule has 1 saturated heterocycles. The van der Waals surface area contributed by atoms with Crippen LogP contribution < -0.4 is 9.47 Å². The molecule has 29 heavy (non-hydrogen) atoms. The molecule has 0 N–H and O–H groups in total. The molecule has 1 atom stereocenters. The first kappa shape index (κ1) is 21.0. The van der Waals surface area contributed by atoms with Crippen LogP contribution >= 0.6 is 0 Å². The van der Waals surface area contributed by atoms with Gasteiger partial charge in [-0.1, -0.05) is 0 Å². The first-order valence-electron chi connectivity index (χ1n) is 9.17. The lowest BCUT2D eigenvalue weighted by molar-refractivity contribution is 0.0525. The van der Waals surface area contributed by atoms with Gasteiger partial charge in [0.15, 0.2) is 0 Å². The Morgan fingerprint density at radius 1 is 1.10 bits per heavy atom. The van der Waals surface area contributed by atoms with Crippen LogP contribution in [-0.2, 0) is 10.0 Å². The lowest BCUT2D eigenvalue weighted by Crippen LogP contribution is -2.44. The van der Waals surface area contributed by atoms with Crippen LogP contribution in [0.4, 0.5) is 0 Å². The average Bonchev–Trinajstić information content (AvgIpc) is 2.74. The van der Waals surface area contributed by atoms with Crippen LogP contribution in [0.5, 0.6) is 11.8 Å². The van der Waals surface area contributed by atoms with E-state index >= 15 is 0 Å². The molecule has 1 unspecified atom stereocenters. The van der Waals surface area contributed by atoms with Crippen molar-refractivity contribution in [3.63, 3.8) is 0 Å². The van der Waals surface area contributed by atoms with E-state index in [9.17, 15) is 13.2 Å². The van der Waals surface area contributed by atoms with Crippen LogP contribution in [0.25, 0.3) is 0 Å². The van der Waals surface area contributed by atoms with Gasteiger partial charge in [0.05, 0.1) is 18.6 Å². The maximum absolute atomic E-state index is 12.8. The van der Waals surface area contributed by atoms with E-state index in [4.69, 9.17) is 9.47 Å². The lowest BCUT2D eigenvalue weighted by atomic mass is 10.1. The first-order valence-corrected chi connectivity index (χ1v) is 10.6. The Bertz CT molecular complexity index is 946. The molecule has 1 aliphatic heterocycles. The van der Waals surface area contributed by atoms with E-state index in [1.165, 1.54) is 45.5 Å². The summed E-state index contributed by atoms with van der Waals surface area (Å²) in [5, 5.41) is 7.83. The van der Waals surface area contributed by atoms with E-state index in [0.29, 0.717) is 30.4 Å². The fourth-order valence-electron chi connectivity index (χ4n) is 3.03. The summed E-state index contributed by atoms with van der Waals surface area (Å²) in [5.41, 5.74) is 0.438. The maximum atomic E-state index is 12.8. The molecule has 0 bridgehead atoms. The summed E-state index contributed by atoms with van der Waals surface area (Å²) in [6.07, 6.45) is 1.41. The van der Waals surface area contributed by atoms with Gasteiger partial charge in [-0.25, -0.2) is 12.7 Å². The number of carbonyl (C=O) groups excluding carboxylic acids is 1. The number of hydrogen-bond acceptors (Lipinski definition) is 7. The molecule has 10 heteroatoms. The van der Waals surface area contributed by atoms with Crippen molar-refractivity contribution < 1.29 is 22.7 Å². The number of ether oxygens (including phenoxy) is 2. The second-order valence-corrected chi connectivity index (χ2v) is 9.01. The SMILES string of the molecule is COc1ccc(OC2CCCN(C(=O)c3ccc(S(=O)(=O)N(C)C)cc3)C2)nn1. The highest BCUT2D eigenvalue weighted by molar-refractivity contribution is 7.89. The zero-order chi connectivity index (χ0) is 21.0. The zero-order valence-corrected chi connectivity index (χ0v) is 17.4. The maximum Gasteiger partial charge on any atom is 0.253 e. The minimum atomic E-state index is -3.53. The van der Waals surface area contributed by atoms with Crippen LogP contribution in [0, 0.1) is 0 Å². The fourth-order valence-corrected chi connectivity index (χ4v) is 3.93. The van der Waals surface area contributed by atoms with Crippen molar-refractivity contribution >= 4 is 15.9 Å². The molecule has 1 aromatic heterocycles. The second kappa shape index (κ2) is 8.75. The molecule has 156 valence electrons. The monoisotopic (exact) mass is 420 g/mol. The van der Waals surface area contributed by atoms with Crippen LogP contribution in [0.3, 0.4) is 0 Å². The van der Waals surface area contributed by atoms with Crippen LogP contribution in [0.2, 0.25) is 0 Å². The predicted octanol–water partition coefficient (Wildman–Crippen LogP) is 1.42. The van der Waals surface area contributed by atoms with Gasteiger partial charge >= 0.3 is 0 Å². The highest BCUT2D eigenvalue weighted by Crippen LogP contribution is 2.20. The summed E-state index contributed by atoms with van der Waals surface area (Å²) in [6.45, 7) is 1.04. The van der Waals surface area contributed by atoms with E-state index < -0.39 is 10.0 Å². The Balaban J connectivity index is 1.66. The molecule has 0 saturated carbocycles. The first-order chi connectivity index (χ1) is 13.8. The van der Waals surface area contributed by atoms with Crippen LogP contribution in [0.1, 0.15) is 23.2 Å². The molecule has 1 amide bonds. The van der Waals surface area contributed by atoms with E-state index in [1.807, 2.05) is 0 Å². The van der Waals surface area contributed by atoms with Crippen LogP contribution in [-0.4, -0.2) is 74.1 Å². The van der Waals surface area contributed by atoms with Gasteiger partial charge in [0.2, 0.25) is 21.8 Å². The molecule has 0 aliphatic carbocycles. The van der Waals surface area contributed by atoms with Gasteiger partial charge in [-0.3, -0.25) is 4.79 Å². The van der Waals surface area contributed by atoms with Crippen molar-refractivity contribution in [1.82, 2.24) is 19.4 Å². The molecule has 0 radical (unpaired) electrons. The molecule has 1 fully saturated rings. The lowest BCUT2D eigenvalue weighted by Gasteiger charge is -2.32. The number of carbonyl (C=O) groups is 1. The second-order valence-electron chi connectivity index (χ2n) is 6.86. The van der Waals surface area contributed by atoms with E-state index in [1.54, 1.807) is 17.0 Å². The third-order valence-corrected chi connectivity index (χ3v) is 6.49. The molecular formula is C19H24N4O5S. The molecule has 3 rings (SSSR count). The number of piperidine rings is 1. The molecular weight excluding hydrogens is 396 g/mol. The predicted molar refractivity (Wildman–Crippen MR) is 105 cm³/mol. The van der Waals surface area contributed by atoms with Gasteiger partial charge in [-0.15, -0.1) is 10.2 Å². The molecule has 1 aliphatic rings. The van der Waals surface area contributed by atoms with Gasteiger partial charge in [0.25, 0.3) is 5.91 Å². The van der Waals surface area contributed by atoms with Crippen molar-refractivity contribution in [3.05, 3.63) is 42.0 Å². The summed E-state index contributed by atoms with van der Waals surface area (Å²) in [7, 11) is 0.921. The zero-order valence-electron chi connectivity index (χ0n) is 16.6. The number of aromatic nitrogens is 2. The normalized spacial score (nSPS) is 17.2. The van der Waals surface area contributed by atoms with Crippen molar-refractivity contribution in [2.45, 2.75) is 23.8 Å². The van der Waals surface area contributed by atoms with Crippen LogP contribution in [0.15, 0.2) is 41.3 Å². The number of benzene rings is 1. The van der Waals surface area contributed by atoms with Crippen molar-refractivity contribution in [1.29, 1.82) is 0 Å². The topological polar surface area (TPSA) is 102 Å². The molecule has 2 heterocycles. The molecule has 1 aromatic carbocycles. The summed E-state index contributed by atoms with van der Waals surface area (Å²) in [5.74, 6) is 0.619. The number of nitrogens with zero attached hydrogens (tertiary/aromatic N) is 4. The van der Waals surface area contributed by atoms with E-state index in [-0.39, 0.29) is 16.9 Å². The Morgan fingerprint density at radius 2 is 1.76 bits per heavy atom. The number of likely N-dealkylation sites (tertiary alicyclic amines) is 1. The smallest absolute Gasteiger partial charge is 0.253 e. The third kappa shape index (κ3) is 4.83. The number of rotatable bonds is 6. The minimum absolute atomic E-state index is 0.150. The number of sulfonamides is 1. The summed E-state index contributed by atoms with van der Waals surface area (Å²) in [4.78, 5) is 14.7. The Hall–Kier alpha value is -2.72. The largest absolute Gasteiger partial charge is 0.480 e. The molecule has 0 spiro atoms. The van der Waals surface area contributed by atoms with Crippen molar-refractivity contribution in [2.75, 3.05) is 34.3 Å². The number of methoxy groups -OCH3 is 1. The minimum Gasteiger partial charge on any atom is -0.480 e. The molecule has 2 aromatic rings. The standard InChI is InChI=1S/C19H24N4O5S/c1-22(2)29(25,26)16-8-6-14(7-9-16)19(24)23-12-4-5-15(13-23)28-18-11-10-17(27-3)20-21-18/h6-11,15H,4-5,12-13H2,1-3H3. The summed E-state index contributed by atoms with van der Waals surface area (Å²) in [6, 6.07) is 9.32. The van der Waals surface area contributed by atoms with Gasteiger partial charge in [-0.05, 0) is 37.1 Å². The Kier molecular flexibility index (Phi) is 6.33. The Labute approximate surface area is 170 Å². The molecule has 9 nitrogen and oxygen atoms in total. The highest BCUT2D eigenvalue weighted by Gasteiger charge is 2.26. The van der Waals surface area contributed by atoms with Gasteiger partial charge in [-0.2, -0.15) is 0 Å². The van der Waals surface area contributed by atoms with Crippen molar-refractivity contribution in [2.24, 2.45) is 0 Å². The van der Waals surface area contributed by atoms with Gasteiger partial charge in [0, 0.05) is 38.3 Å². The average molecular weight is 420 g/mol. The van der Waals surface area contributed by atoms with E-state index in [0.717, 1.165) is 17.1 Å². The quantitative estimate of drug-likeness (QED) is 0.696. The van der Waals surface area contributed by atoms with E-state index in [2.05, 4.69) is 10.2 Å². The van der Waals surface area contributed by atoms with Gasteiger partial charge in [0.1, 0.15) is 6.10 Å². The van der Waals surface area contributed by atoms with Gasteiger partial charge < -0.3 is 14.4 Å². The summed E-state index contributed by atoms with van der Waals surface area (Å²) >= 11 is 0. The number of hydrogen-bond donors (Lipinski definition) is 0.